The quantitative estimate of drug-likeness (QED) is 0.421. The zero-order valence-corrected chi connectivity index (χ0v) is 9.19. The average Bonchev–Trinajstić information content (AvgIpc) is 2.29. The van der Waals surface area contributed by atoms with Crippen molar-refractivity contribution in [3.63, 3.8) is 0 Å². The molecule has 1 atom stereocenters. The predicted molar refractivity (Wildman–Crippen MR) is 59.6 cm³/mol. The van der Waals surface area contributed by atoms with Gasteiger partial charge in [-0.3, -0.25) is 11.3 Å². The predicted octanol–water partition coefficient (Wildman–Crippen LogP) is 1.24. The lowest BCUT2D eigenvalue weighted by atomic mass is 10.1. The molecule has 1 aromatic carbocycles. The van der Waals surface area contributed by atoms with E-state index in [0.717, 1.165) is 11.3 Å². The van der Waals surface area contributed by atoms with Crippen LogP contribution in [0.3, 0.4) is 0 Å². The first-order chi connectivity index (χ1) is 7.27. The molecule has 0 bridgehead atoms. The number of hydrogen-bond acceptors (Lipinski definition) is 4. The van der Waals surface area contributed by atoms with Crippen LogP contribution in [0.1, 0.15) is 18.5 Å². The Morgan fingerprint density at radius 1 is 1.27 bits per heavy atom. The summed E-state index contributed by atoms with van der Waals surface area (Å²) in [6, 6.07) is 8.00. The fourth-order valence-electron chi connectivity index (χ4n) is 1.19. The molecule has 0 aliphatic carbocycles. The fraction of sp³-hybridized carbons (Fsp3) is 0.455. The molecule has 0 radical (unpaired) electrons. The van der Waals surface area contributed by atoms with Gasteiger partial charge in [-0.05, 0) is 24.6 Å². The van der Waals surface area contributed by atoms with Crippen molar-refractivity contribution in [3.05, 3.63) is 29.8 Å². The van der Waals surface area contributed by atoms with Gasteiger partial charge >= 0.3 is 0 Å². The smallest absolute Gasteiger partial charge is 0.119 e. The average molecular weight is 210 g/mol. The summed E-state index contributed by atoms with van der Waals surface area (Å²) in [6.07, 6.45) is 0. The van der Waals surface area contributed by atoms with Crippen molar-refractivity contribution in [2.45, 2.75) is 13.0 Å². The van der Waals surface area contributed by atoms with Crippen LogP contribution in [0.15, 0.2) is 24.3 Å². The summed E-state index contributed by atoms with van der Waals surface area (Å²) in [6.45, 7) is 3.17. The van der Waals surface area contributed by atoms with E-state index in [1.807, 2.05) is 31.2 Å². The Labute approximate surface area is 90.3 Å². The molecule has 0 amide bonds. The zero-order chi connectivity index (χ0) is 11.1. The minimum atomic E-state index is 0.151. The largest absolute Gasteiger partial charge is 0.491 e. The van der Waals surface area contributed by atoms with E-state index < -0.39 is 0 Å². The summed E-state index contributed by atoms with van der Waals surface area (Å²) < 4.78 is 10.3. The van der Waals surface area contributed by atoms with Crippen LogP contribution in [0.25, 0.3) is 0 Å². The van der Waals surface area contributed by atoms with Gasteiger partial charge in [-0.15, -0.1) is 0 Å². The van der Waals surface area contributed by atoms with E-state index in [1.165, 1.54) is 0 Å². The number of nitrogens with one attached hydrogen (secondary N) is 1. The highest BCUT2D eigenvalue weighted by molar-refractivity contribution is 5.28. The highest BCUT2D eigenvalue weighted by Gasteiger charge is 2.02. The van der Waals surface area contributed by atoms with E-state index in [0.29, 0.717) is 13.2 Å². The molecule has 0 saturated heterocycles. The molecular formula is C11H18N2O2. The molecule has 4 heteroatoms. The van der Waals surface area contributed by atoms with Crippen LogP contribution in [0, 0.1) is 0 Å². The molecule has 0 aliphatic heterocycles. The molecule has 0 spiro atoms. The Bertz CT molecular complexity index is 274. The second kappa shape index (κ2) is 6.40. The zero-order valence-electron chi connectivity index (χ0n) is 9.19. The standard InChI is InChI=1S/C11H18N2O2/c1-9(13-12)10-3-5-11(6-4-10)15-8-7-14-2/h3-6,9,13H,7-8,12H2,1-2H3. The molecule has 0 saturated carbocycles. The third kappa shape index (κ3) is 3.87. The molecule has 0 aromatic heterocycles. The van der Waals surface area contributed by atoms with E-state index in [2.05, 4.69) is 5.43 Å². The molecule has 4 nitrogen and oxygen atoms in total. The van der Waals surface area contributed by atoms with Gasteiger partial charge in [0.2, 0.25) is 0 Å². The first-order valence-corrected chi connectivity index (χ1v) is 4.95. The van der Waals surface area contributed by atoms with Gasteiger partial charge in [0.05, 0.1) is 6.61 Å². The molecule has 84 valence electrons. The maximum atomic E-state index is 5.44. The van der Waals surface area contributed by atoms with Crippen molar-refractivity contribution < 1.29 is 9.47 Å². The lowest BCUT2D eigenvalue weighted by molar-refractivity contribution is 0.146. The molecule has 0 aliphatic rings. The van der Waals surface area contributed by atoms with Crippen molar-refractivity contribution in [1.82, 2.24) is 5.43 Å². The molecule has 0 fully saturated rings. The molecular weight excluding hydrogens is 192 g/mol. The Hall–Kier alpha value is -1.10. The monoisotopic (exact) mass is 210 g/mol. The summed E-state index contributed by atoms with van der Waals surface area (Å²) in [7, 11) is 1.65. The minimum absolute atomic E-state index is 0.151. The summed E-state index contributed by atoms with van der Waals surface area (Å²) in [5.41, 5.74) is 3.83. The first-order valence-electron chi connectivity index (χ1n) is 4.95. The van der Waals surface area contributed by atoms with Gasteiger partial charge in [0.25, 0.3) is 0 Å². The van der Waals surface area contributed by atoms with Crippen molar-refractivity contribution in [2.24, 2.45) is 5.84 Å². The maximum Gasteiger partial charge on any atom is 0.119 e. The number of ether oxygens (including phenoxy) is 2. The maximum absolute atomic E-state index is 5.44. The van der Waals surface area contributed by atoms with Gasteiger partial charge in [0, 0.05) is 13.2 Å². The lowest BCUT2D eigenvalue weighted by Gasteiger charge is -2.11. The highest BCUT2D eigenvalue weighted by Crippen LogP contribution is 2.16. The van der Waals surface area contributed by atoms with E-state index >= 15 is 0 Å². The lowest BCUT2D eigenvalue weighted by Crippen LogP contribution is -2.25. The summed E-state index contributed by atoms with van der Waals surface area (Å²) in [5.74, 6) is 6.19. The van der Waals surface area contributed by atoms with Crippen LogP contribution in [-0.4, -0.2) is 20.3 Å². The van der Waals surface area contributed by atoms with Crippen molar-refractivity contribution in [2.75, 3.05) is 20.3 Å². The van der Waals surface area contributed by atoms with Gasteiger partial charge in [-0.1, -0.05) is 12.1 Å². The number of hydrazine groups is 1. The Balaban J connectivity index is 2.49. The van der Waals surface area contributed by atoms with E-state index in [-0.39, 0.29) is 6.04 Å². The third-order valence-corrected chi connectivity index (χ3v) is 2.19. The van der Waals surface area contributed by atoms with Gasteiger partial charge in [0.15, 0.2) is 0 Å². The van der Waals surface area contributed by atoms with Crippen LogP contribution in [0.5, 0.6) is 5.75 Å². The molecule has 0 heterocycles. The second-order valence-corrected chi connectivity index (χ2v) is 3.30. The second-order valence-electron chi connectivity index (χ2n) is 3.30. The van der Waals surface area contributed by atoms with Crippen molar-refractivity contribution >= 4 is 0 Å². The van der Waals surface area contributed by atoms with Gasteiger partial charge in [0.1, 0.15) is 12.4 Å². The van der Waals surface area contributed by atoms with Gasteiger partial charge < -0.3 is 9.47 Å². The van der Waals surface area contributed by atoms with Crippen LogP contribution in [0.4, 0.5) is 0 Å². The van der Waals surface area contributed by atoms with Crippen LogP contribution >= 0.6 is 0 Å². The van der Waals surface area contributed by atoms with Gasteiger partial charge in [-0.2, -0.15) is 0 Å². The third-order valence-electron chi connectivity index (χ3n) is 2.19. The topological polar surface area (TPSA) is 56.5 Å². The fourth-order valence-corrected chi connectivity index (χ4v) is 1.19. The molecule has 3 N–H and O–H groups in total. The van der Waals surface area contributed by atoms with E-state index in [9.17, 15) is 0 Å². The number of benzene rings is 1. The summed E-state index contributed by atoms with van der Waals surface area (Å²) in [5, 5.41) is 0. The minimum Gasteiger partial charge on any atom is -0.491 e. The Morgan fingerprint density at radius 3 is 2.47 bits per heavy atom. The molecule has 1 aromatic rings. The number of hydrogen-bond donors (Lipinski definition) is 2. The summed E-state index contributed by atoms with van der Waals surface area (Å²) >= 11 is 0. The van der Waals surface area contributed by atoms with Crippen molar-refractivity contribution in [1.29, 1.82) is 0 Å². The first kappa shape index (κ1) is 12.0. The van der Waals surface area contributed by atoms with Crippen LogP contribution in [-0.2, 0) is 4.74 Å². The summed E-state index contributed by atoms with van der Waals surface area (Å²) in [4.78, 5) is 0. The molecule has 15 heavy (non-hydrogen) atoms. The molecule has 1 unspecified atom stereocenters. The van der Waals surface area contributed by atoms with Crippen molar-refractivity contribution in [3.8, 4) is 5.75 Å². The Kier molecular flexibility index (Phi) is 5.10. The number of rotatable bonds is 6. The number of methoxy groups -OCH3 is 1. The SMILES string of the molecule is COCCOc1ccc(C(C)NN)cc1. The van der Waals surface area contributed by atoms with E-state index in [1.54, 1.807) is 7.11 Å². The number of nitrogens with two attached hydrogens (primary N) is 1. The van der Waals surface area contributed by atoms with Gasteiger partial charge in [-0.25, -0.2) is 0 Å². The van der Waals surface area contributed by atoms with Crippen LogP contribution < -0.4 is 16.0 Å². The van der Waals surface area contributed by atoms with Crippen LogP contribution in [0.2, 0.25) is 0 Å². The van der Waals surface area contributed by atoms with E-state index in [4.69, 9.17) is 15.3 Å². The highest BCUT2D eigenvalue weighted by atomic mass is 16.5. The molecule has 1 rings (SSSR count). The Morgan fingerprint density at radius 2 is 1.93 bits per heavy atom. The normalized spacial score (nSPS) is 12.5.